The molecule has 0 unspecified atom stereocenters. The molecule has 0 N–H and O–H groups in total. The predicted octanol–water partition coefficient (Wildman–Crippen LogP) is 2.76. The van der Waals surface area contributed by atoms with Crippen LogP contribution in [0.15, 0.2) is 18.3 Å². The summed E-state index contributed by atoms with van der Waals surface area (Å²) in [6, 6.07) is 4.06. The lowest BCUT2D eigenvalue weighted by Crippen LogP contribution is -2.35. The Labute approximate surface area is 108 Å². The van der Waals surface area contributed by atoms with Crippen LogP contribution in [0.25, 0.3) is 0 Å². The van der Waals surface area contributed by atoms with Gasteiger partial charge in [0.05, 0.1) is 6.04 Å². The molecule has 2 rings (SSSR count). The number of hydrogen-bond acceptors (Lipinski definition) is 3. The summed E-state index contributed by atoms with van der Waals surface area (Å²) in [5, 5.41) is 0. The second-order valence-electron chi connectivity index (χ2n) is 5.27. The number of nitrogens with zero attached hydrogens (tertiary/aromatic N) is 2. The van der Waals surface area contributed by atoms with E-state index in [1.54, 1.807) is 11.1 Å². The summed E-state index contributed by atoms with van der Waals surface area (Å²) in [4.78, 5) is 17.8. The van der Waals surface area contributed by atoms with Gasteiger partial charge in [-0.05, 0) is 37.5 Å². The van der Waals surface area contributed by atoms with Crippen LogP contribution in [-0.4, -0.2) is 28.1 Å². The van der Waals surface area contributed by atoms with E-state index in [1.165, 1.54) is 0 Å². The molecule has 0 aromatic carbocycles. The number of carbonyl (C=O) groups excluding carboxylic acids is 1. The highest BCUT2D eigenvalue weighted by Gasteiger charge is 2.40. The number of carbonyl (C=O) groups is 1. The van der Waals surface area contributed by atoms with E-state index < -0.39 is 0 Å². The van der Waals surface area contributed by atoms with E-state index in [0.29, 0.717) is 12.5 Å². The van der Waals surface area contributed by atoms with Crippen molar-refractivity contribution in [3.63, 3.8) is 0 Å². The van der Waals surface area contributed by atoms with Gasteiger partial charge in [0.25, 0.3) is 0 Å². The van der Waals surface area contributed by atoms with Gasteiger partial charge in [-0.1, -0.05) is 13.8 Å². The zero-order valence-electron chi connectivity index (χ0n) is 11.4. The Balaban J connectivity index is 2.12. The number of ether oxygens (including phenoxy) is 1. The Kier molecular flexibility index (Phi) is 3.55. The van der Waals surface area contributed by atoms with Gasteiger partial charge < -0.3 is 4.74 Å². The molecule has 1 aromatic heterocycles. The third-order valence-electron chi connectivity index (χ3n) is 3.41. The Morgan fingerprint density at radius 2 is 2.22 bits per heavy atom. The number of hydrogen-bond donors (Lipinski definition) is 0. The Bertz CT molecular complexity index is 445. The minimum absolute atomic E-state index is 0.0135. The first-order chi connectivity index (χ1) is 8.49. The van der Waals surface area contributed by atoms with Gasteiger partial charge in [-0.3, -0.25) is 9.88 Å². The van der Waals surface area contributed by atoms with Crippen LogP contribution in [0.4, 0.5) is 4.79 Å². The van der Waals surface area contributed by atoms with Gasteiger partial charge in [-0.25, -0.2) is 4.79 Å². The zero-order valence-corrected chi connectivity index (χ0v) is 11.4. The third kappa shape index (κ3) is 2.47. The van der Waals surface area contributed by atoms with Gasteiger partial charge in [0.1, 0.15) is 6.10 Å². The van der Waals surface area contributed by atoms with Crippen LogP contribution in [0.3, 0.4) is 0 Å². The maximum Gasteiger partial charge on any atom is 0.410 e. The summed E-state index contributed by atoms with van der Waals surface area (Å²) in [5.74, 6) is 0.341. The van der Waals surface area contributed by atoms with Gasteiger partial charge in [0.15, 0.2) is 0 Å². The number of rotatable bonds is 3. The van der Waals surface area contributed by atoms with Crippen molar-refractivity contribution in [3.8, 4) is 0 Å². The number of amides is 1. The molecular weight excluding hydrogens is 228 g/mol. The number of cyclic esters (lactones) is 1. The first-order valence-electron chi connectivity index (χ1n) is 6.38. The van der Waals surface area contributed by atoms with Crippen LogP contribution in [0.1, 0.15) is 32.0 Å². The number of pyridine rings is 1. The lowest BCUT2D eigenvalue weighted by molar-refractivity contribution is 0.104. The quantitative estimate of drug-likeness (QED) is 0.826. The van der Waals surface area contributed by atoms with E-state index in [4.69, 9.17) is 4.74 Å². The molecule has 0 bridgehead atoms. The highest BCUT2D eigenvalue weighted by molar-refractivity contribution is 5.70. The van der Waals surface area contributed by atoms with E-state index >= 15 is 0 Å². The molecule has 1 aliphatic rings. The molecule has 2 atom stereocenters. The first kappa shape index (κ1) is 12.9. The minimum Gasteiger partial charge on any atom is -0.444 e. The van der Waals surface area contributed by atoms with Gasteiger partial charge in [0.2, 0.25) is 0 Å². The van der Waals surface area contributed by atoms with Crippen molar-refractivity contribution in [2.75, 3.05) is 0 Å². The summed E-state index contributed by atoms with van der Waals surface area (Å²) >= 11 is 0. The van der Waals surface area contributed by atoms with E-state index in [2.05, 4.69) is 18.8 Å². The SMILES string of the molecule is Cc1cc(CN2C(=O)O[C@H](C(C)C)[C@H]2C)ccn1. The van der Waals surface area contributed by atoms with Crippen LogP contribution in [-0.2, 0) is 11.3 Å². The van der Waals surface area contributed by atoms with Crippen LogP contribution in [0.2, 0.25) is 0 Å². The molecule has 0 spiro atoms. The lowest BCUT2D eigenvalue weighted by atomic mass is 10.0. The van der Waals surface area contributed by atoms with E-state index in [1.807, 2.05) is 26.0 Å². The molecule has 1 amide bonds. The van der Waals surface area contributed by atoms with Crippen LogP contribution < -0.4 is 0 Å². The monoisotopic (exact) mass is 248 g/mol. The first-order valence-corrected chi connectivity index (χ1v) is 6.38. The molecular formula is C14H20N2O2. The molecule has 1 aromatic rings. The van der Waals surface area contributed by atoms with Gasteiger partial charge in [-0.2, -0.15) is 0 Å². The predicted molar refractivity (Wildman–Crippen MR) is 69.1 cm³/mol. The molecule has 0 aliphatic carbocycles. The average Bonchev–Trinajstić information content (AvgIpc) is 2.57. The summed E-state index contributed by atoms with van der Waals surface area (Å²) in [7, 11) is 0. The molecule has 0 saturated carbocycles. The second kappa shape index (κ2) is 4.96. The fourth-order valence-corrected chi connectivity index (χ4v) is 2.43. The summed E-state index contributed by atoms with van der Waals surface area (Å²) in [6.45, 7) is 8.74. The molecule has 0 radical (unpaired) electrons. The second-order valence-corrected chi connectivity index (χ2v) is 5.27. The van der Waals surface area contributed by atoms with E-state index in [0.717, 1.165) is 11.3 Å². The van der Waals surface area contributed by atoms with Crippen LogP contribution in [0.5, 0.6) is 0 Å². The summed E-state index contributed by atoms with van der Waals surface area (Å²) < 4.78 is 5.42. The van der Waals surface area contributed by atoms with Gasteiger partial charge in [0, 0.05) is 18.4 Å². The summed E-state index contributed by atoms with van der Waals surface area (Å²) in [5.41, 5.74) is 2.06. The molecule has 1 fully saturated rings. The fraction of sp³-hybridized carbons (Fsp3) is 0.571. The largest absolute Gasteiger partial charge is 0.444 e. The van der Waals surface area contributed by atoms with Crippen molar-refractivity contribution < 1.29 is 9.53 Å². The van der Waals surface area contributed by atoms with E-state index in [-0.39, 0.29) is 18.2 Å². The fourth-order valence-electron chi connectivity index (χ4n) is 2.43. The van der Waals surface area contributed by atoms with Gasteiger partial charge in [-0.15, -0.1) is 0 Å². The van der Waals surface area contributed by atoms with Crippen LogP contribution >= 0.6 is 0 Å². The van der Waals surface area contributed by atoms with Crippen molar-refractivity contribution in [1.82, 2.24) is 9.88 Å². The smallest absolute Gasteiger partial charge is 0.410 e. The van der Waals surface area contributed by atoms with Crippen molar-refractivity contribution >= 4 is 6.09 Å². The maximum atomic E-state index is 11.9. The molecule has 1 saturated heterocycles. The molecule has 1 aliphatic heterocycles. The Morgan fingerprint density at radius 3 is 2.78 bits per heavy atom. The van der Waals surface area contributed by atoms with Crippen molar-refractivity contribution in [3.05, 3.63) is 29.6 Å². The van der Waals surface area contributed by atoms with Crippen molar-refractivity contribution in [1.29, 1.82) is 0 Å². The summed E-state index contributed by atoms with van der Waals surface area (Å²) in [6.07, 6.45) is 1.55. The molecule has 2 heterocycles. The molecule has 4 heteroatoms. The van der Waals surface area contributed by atoms with E-state index in [9.17, 15) is 4.79 Å². The van der Waals surface area contributed by atoms with Crippen molar-refractivity contribution in [2.24, 2.45) is 5.92 Å². The van der Waals surface area contributed by atoms with Crippen LogP contribution in [0, 0.1) is 12.8 Å². The third-order valence-corrected chi connectivity index (χ3v) is 3.41. The molecule has 4 nitrogen and oxygen atoms in total. The highest BCUT2D eigenvalue weighted by Crippen LogP contribution is 2.26. The Morgan fingerprint density at radius 1 is 1.50 bits per heavy atom. The van der Waals surface area contributed by atoms with Crippen molar-refractivity contribution in [2.45, 2.75) is 46.4 Å². The lowest BCUT2D eigenvalue weighted by Gasteiger charge is -2.22. The normalized spacial score (nSPS) is 23.6. The highest BCUT2D eigenvalue weighted by atomic mass is 16.6. The topological polar surface area (TPSA) is 42.4 Å². The molecule has 18 heavy (non-hydrogen) atoms. The number of aromatic nitrogens is 1. The standard InChI is InChI=1S/C14H20N2O2/c1-9(2)13-11(4)16(14(17)18-13)8-12-5-6-15-10(3)7-12/h5-7,9,11,13H,8H2,1-4H3/t11-,13-/m1/s1. The van der Waals surface area contributed by atoms with Gasteiger partial charge >= 0.3 is 6.09 Å². The minimum atomic E-state index is -0.212. The Hall–Kier alpha value is -1.58. The zero-order chi connectivity index (χ0) is 13.3. The maximum absolute atomic E-state index is 11.9. The molecule has 98 valence electrons. The number of aryl methyl sites for hydroxylation is 1. The average molecular weight is 248 g/mol.